The lowest BCUT2D eigenvalue weighted by Gasteiger charge is -2.30. The van der Waals surface area contributed by atoms with Crippen LogP contribution in [0.2, 0.25) is 0 Å². The van der Waals surface area contributed by atoms with Crippen LogP contribution in [0.1, 0.15) is 47.7 Å². The summed E-state index contributed by atoms with van der Waals surface area (Å²) in [6.45, 7) is 5.82. The van der Waals surface area contributed by atoms with E-state index in [4.69, 9.17) is 4.42 Å². The smallest absolute Gasteiger partial charge is 0.252 e. The largest absolute Gasteiger partial charge is 0.467 e. The number of para-hydroxylation sites is 1. The molecular formula is C28H30N6O2. The van der Waals surface area contributed by atoms with Crippen LogP contribution in [0, 0.1) is 6.92 Å². The average molecular weight is 483 g/mol. The van der Waals surface area contributed by atoms with Gasteiger partial charge in [0.1, 0.15) is 12.3 Å². The lowest BCUT2D eigenvalue weighted by molar-refractivity contribution is 0.172. The van der Waals surface area contributed by atoms with Gasteiger partial charge in [-0.15, -0.1) is 5.10 Å². The van der Waals surface area contributed by atoms with Gasteiger partial charge in [-0.3, -0.25) is 9.69 Å². The van der Waals surface area contributed by atoms with Crippen LogP contribution in [0.3, 0.4) is 0 Å². The van der Waals surface area contributed by atoms with Crippen LogP contribution in [0.25, 0.3) is 10.9 Å². The molecule has 0 amide bonds. The van der Waals surface area contributed by atoms with Gasteiger partial charge in [0, 0.05) is 18.7 Å². The van der Waals surface area contributed by atoms with Gasteiger partial charge in [0.2, 0.25) is 0 Å². The summed E-state index contributed by atoms with van der Waals surface area (Å²) >= 11 is 0. The maximum Gasteiger partial charge on any atom is 0.252 e. The van der Waals surface area contributed by atoms with Crippen molar-refractivity contribution in [3.05, 3.63) is 112 Å². The Kier molecular flexibility index (Phi) is 7.04. The monoisotopic (exact) mass is 482 g/mol. The van der Waals surface area contributed by atoms with Gasteiger partial charge in [0.15, 0.2) is 5.82 Å². The van der Waals surface area contributed by atoms with Crippen molar-refractivity contribution in [2.45, 2.75) is 45.8 Å². The molecule has 0 radical (unpaired) electrons. The maximum absolute atomic E-state index is 13.1. The van der Waals surface area contributed by atoms with Gasteiger partial charge in [-0.2, -0.15) is 0 Å². The summed E-state index contributed by atoms with van der Waals surface area (Å²) in [5.41, 5.74) is 3.85. The highest BCUT2D eigenvalue weighted by molar-refractivity contribution is 5.81. The molecule has 0 aliphatic rings. The van der Waals surface area contributed by atoms with Crippen molar-refractivity contribution in [3.8, 4) is 0 Å². The predicted molar refractivity (Wildman–Crippen MR) is 139 cm³/mol. The molecule has 36 heavy (non-hydrogen) atoms. The molecule has 0 unspecified atom stereocenters. The van der Waals surface area contributed by atoms with Crippen LogP contribution in [-0.4, -0.2) is 36.6 Å². The van der Waals surface area contributed by atoms with Gasteiger partial charge < -0.3 is 9.40 Å². The third kappa shape index (κ3) is 5.13. The molecule has 5 aromatic rings. The van der Waals surface area contributed by atoms with E-state index >= 15 is 0 Å². The molecule has 0 saturated carbocycles. The fourth-order valence-electron chi connectivity index (χ4n) is 4.74. The minimum Gasteiger partial charge on any atom is -0.467 e. The molecule has 3 aromatic heterocycles. The van der Waals surface area contributed by atoms with Crippen molar-refractivity contribution in [1.82, 2.24) is 30.1 Å². The Morgan fingerprint density at radius 3 is 2.72 bits per heavy atom. The minimum absolute atomic E-state index is 0.0634. The van der Waals surface area contributed by atoms with Crippen molar-refractivity contribution in [1.29, 1.82) is 0 Å². The first kappa shape index (κ1) is 23.7. The summed E-state index contributed by atoms with van der Waals surface area (Å²) in [5.74, 6) is 1.55. The number of H-pyrrole nitrogens is 1. The van der Waals surface area contributed by atoms with Crippen LogP contribution in [0.4, 0.5) is 0 Å². The summed E-state index contributed by atoms with van der Waals surface area (Å²) in [5, 5.41) is 13.6. The zero-order chi connectivity index (χ0) is 24.9. The Morgan fingerprint density at radius 1 is 1.08 bits per heavy atom. The van der Waals surface area contributed by atoms with Crippen LogP contribution in [0.15, 0.2) is 82.2 Å². The normalized spacial score (nSPS) is 12.4. The van der Waals surface area contributed by atoms with Crippen LogP contribution in [0.5, 0.6) is 0 Å². The van der Waals surface area contributed by atoms with E-state index in [1.807, 2.05) is 49.4 Å². The Bertz CT molecular complexity index is 1470. The van der Waals surface area contributed by atoms with Crippen LogP contribution >= 0.6 is 0 Å². The molecule has 0 fully saturated rings. The second kappa shape index (κ2) is 10.7. The average Bonchev–Trinajstić information content (AvgIpc) is 3.57. The summed E-state index contributed by atoms with van der Waals surface area (Å²) in [7, 11) is 0. The second-order valence-corrected chi connectivity index (χ2v) is 9.07. The Hall–Kier alpha value is -4.04. The molecule has 8 heteroatoms. The van der Waals surface area contributed by atoms with E-state index in [1.54, 1.807) is 10.9 Å². The zero-order valence-corrected chi connectivity index (χ0v) is 20.6. The van der Waals surface area contributed by atoms with Gasteiger partial charge >= 0.3 is 0 Å². The molecule has 1 N–H and O–H groups in total. The molecule has 0 bridgehead atoms. The summed E-state index contributed by atoms with van der Waals surface area (Å²) < 4.78 is 7.32. The van der Waals surface area contributed by atoms with Gasteiger partial charge in [0.05, 0.1) is 17.8 Å². The van der Waals surface area contributed by atoms with E-state index in [0.717, 1.165) is 53.0 Å². The third-order valence-electron chi connectivity index (χ3n) is 6.64. The number of hydrogen-bond acceptors (Lipinski definition) is 6. The quantitative estimate of drug-likeness (QED) is 0.311. The predicted octanol–water partition coefficient (Wildman–Crippen LogP) is 4.66. The first-order chi connectivity index (χ1) is 17.6. The number of nitrogens with zero attached hydrogens (tertiary/aromatic N) is 5. The molecule has 0 spiro atoms. The molecular weight excluding hydrogens is 452 g/mol. The molecule has 0 aliphatic heterocycles. The summed E-state index contributed by atoms with van der Waals surface area (Å²) in [6.07, 6.45) is 3.29. The number of furan rings is 1. The highest BCUT2D eigenvalue weighted by atomic mass is 16.3. The number of rotatable bonds is 10. The van der Waals surface area contributed by atoms with E-state index in [0.29, 0.717) is 13.1 Å². The topological polar surface area (TPSA) is 92.8 Å². The number of aryl methyl sites for hydroxylation is 1. The number of aromatic amines is 1. The van der Waals surface area contributed by atoms with Gasteiger partial charge in [-0.05, 0) is 64.9 Å². The maximum atomic E-state index is 13.1. The van der Waals surface area contributed by atoms with Gasteiger partial charge in [-0.1, -0.05) is 55.5 Å². The van der Waals surface area contributed by atoms with Crippen molar-refractivity contribution in [3.63, 3.8) is 0 Å². The first-order valence-electron chi connectivity index (χ1n) is 12.3. The van der Waals surface area contributed by atoms with E-state index < -0.39 is 0 Å². The third-order valence-corrected chi connectivity index (χ3v) is 6.64. The molecule has 2 aromatic carbocycles. The molecule has 0 saturated heterocycles. The number of pyridine rings is 1. The SMILES string of the molecule is CC[C@H](c1nnnn1Cc1ccco1)N(CCc1ccccc1)Cc1cc2cccc(C)c2[nH]c1=O. The number of aromatic nitrogens is 5. The molecule has 0 aliphatic carbocycles. The van der Waals surface area contributed by atoms with Crippen molar-refractivity contribution >= 4 is 10.9 Å². The molecule has 5 rings (SSSR count). The standard InChI is InChI=1S/C28H30N6O2/c1-3-25(27-30-31-32-34(27)19-24-13-8-16-36-24)33(15-14-21-10-5-4-6-11-21)18-23-17-22-12-7-9-20(2)26(22)29-28(23)35/h4-13,16-17,25H,3,14-15,18-19H2,1-2H3,(H,29,35)/t25-/m1/s1. The lowest BCUT2D eigenvalue weighted by Crippen LogP contribution is -2.34. The Morgan fingerprint density at radius 2 is 1.94 bits per heavy atom. The fourth-order valence-corrected chi connectivity index (χ4v) is 4.74. The Balaban J connectivity index is 1.48. The molecule has 3 heterocycles. The first-order valence-corrected chi connectivity index (χ1v) is 12.3. The van der Waals surface area contributed by atoms with Crippen molar-refractivity contribution in [2.24, 2.45) is 0 Å². The fraction of sp³-hybridized carbons (Fsp3) is 0.286. The second-order valence-electron chi connectivity index (χ2n) is 9.07. The zero-order valence-electron chi connectivity index (χ0n) is 20.6. The molecule has 1 atom stereocenters. The molecule has 184 valence electrons. The van der Waals surface area contributed by atoms with Crippen LogP contribution < -0.4 is 5.56 Å². The minimum atomic E-state index is -0.0775. The van der Waals surface area contributed by atoms with Crippen molar-refractivity contribution in [2.75, 3.05) is 6.54 Å². The highest BCUT2D eigenvalue weighted by Crippen LogP contribution is 2.25. The number of benzene rings is 2. The lowest BCUT2D eigenvalue weighted by atomic mass is 10.1. The summed E-state index contributed by atoms with van der Waals surface area (Å²) in [6, 6.07) is 22.2. The van der Waals surface area contributed by atoms with Crippen LogP contribution in [-0.2, 0) is 19.5 Å². The number of tetrazole rings is 1. The van der Waals surface area contributed by atoms with Crippen molar-refractivity contribution < 1.29 is 4.42 Å². The molecule has 8 nitrogen and oxygen atoms in total. The number of fused-ring (bicyclic) bond motifs is 1. The van der Waals surface area contributed by atoms with Gasteiger partial charge in [0.25, 0.3) is 5.56 Å². The van der Waals surface area contributed by atoms with E-state index in [9.17, 15) is 4.79 Å². The summed E-state index contributed by atoms with van der Waals surface area (Å²) in [4.78, 5) is 18.5. The highest BCUT2D eigenvalue weighted by Gasteiger charge is 2.26. The Labute approximate surface area is 209 Å². The van der Waals surface area contributed by atoms with Gasteiger partial charge in [-0.25, -0.2) is 4.68 Å². The van der Waals surface area contributed by atoms with E-state index in [1.165, 1.54) is 5.56 Å². The number of hydrogen-bond donors (Lipinski definition) is 1. The number of nitrogens with one attached hydrogen (secondary N) is 1. The van der Waals surface area contributed by atoms with E-state index in [2.05, 4.69) is 56.6 Å². The van der Waals surface area contributed by atoms with E-state index in [-0.39, 0.29) is 11.6 Å².